The van der Waals surface area contributed by atoms with Gasteiger partial charge in [-0.05, 0) is 45.3 Å². The Morgan fingerprint density at radius 1 is 1.24 bits per heavy atom. The molecule has 1 aliphatic heterocycles. The summed E-state index contributed by atoms with van der Waals surface area (Å²) in [5, 5.41) is 8.91. The third kappa shape index (κ3) is 4.13. The molecule has 0 atom stereocenters. The molecule has 1 aliphatic rings. The number of nitrogens with zero attached hydrogens (tertiary/aromatic N) is 2. The molecule has 2 heterocycles. The zero-order chi connectivity index (χ0) is 11.9. The Bertz CT molecular complexity index is 318. The summed E-state index contributed by atoms with van der Waals surface area (Å²) in [7, 11) is 0. The number of nitrogens with one attached hydrogen (secondary N) is 1. The van der Waals surface area contributed by atoms with Gasteiger partial charge in [-0.2, -0.15) is 0 Å². The molecule has 2 rings (SSSR count). The van der Waals surface area contributed by atoms with Gasteiger partial charge in [0.05, 0.1) is 18.5 Å². The first-order valence-electron chi connectivity index (χ1n) is 6.74. The summed E-state index contributed by atoms with van der Waals surface area (Å²) < 4.78 is 0. The average Bonchev–Trinajstić information content (AvgIpc) is 2.84. The number of piperidine rings is 1. The number of aryl methyl sites for hydroxylation is 1. The molecule has 0 unspecified atom stereocenters. The number of aromatic amines is 1. The molecule has 0 radical (unpaired) electrons. The third-order valence-corrected chi connectivity index (χ3v) is 3.44. The summed E-state index contributed by atoms with van der Waals surface area (Å²) in [5.74, 6) is 1.01. The number of aliphatic hydroxyl groups excluding tert-OH is 1. The van der Waals surface area contributed by atoms with Crippen LogP contribution in [0.1, 0.15) is 43.6 Å². The van der Waals surface area contributed by atoms with E-state index in [2.05, 4.69) is 14.9 Å². The lowest BCUT2D eigenvalue weighted by molar-refractivity contribution is 0.225. The number of unbranched alkanes of at least 4 members (excludes halogenated alkanes) is 1. The lowest BCUT2D eigenvalue weighted by Crippen LogP contribution is -2.30. The number of aromatic nitrogens is 2. The van der Waals surface area contributed by atoms with Crippen LogP contribution in [0.15, 0.2) is 6.20 Å². The third-order valence-electron chi connectivity index (χ3n) is 3.44. The van der Waals surface area contributed by atoms with Crippen molar-refractivity contribution < 1.29 is 5.11 Å². The van der Waals surface area contributed by atoms with Crippen molar-refractivity contribution in [1.29, 1.82) is 0 Å². The monoisotopic (exact) mass is 237 g/mol. The van der Waals surface area contributed by atoms with Crippen molar-refractivity contribution in [2.45, 2.75) is 45.1 Å². The first-order valence-corrected chi connectivity index (χ1v) is 6.74. The normalized spacial score (nSPS) is 17.5. The van der Waals surface area contributed by atoms with Gasteiger partial charge in [-0.25, -0.2) is 4.98 Å². The quantitative estimate of drug-likeness (QED) is 0.741. The van der Waals surface area contributed by atoms with Crippen LogP contribution in [0.25, 0.3) is 0 Å². The van der Waals surface area contributed by atoms with E-state index < -0.39 is 0 Å². The predicted octanol–water partition coefficient (Wildman–Crippen LogP) is 1.71. The Hall–Kier alpha value is -0.870. The highest BCUT2D eigenvalue weighted by Crippen LogP contribution is 2.10. The molecule has 4 nitrogen and oxygen atoms in total. The standard InChI is InChI=1S/C13H23N3O/c17-11-12-10-14-13(15-12)6-2-5-9-16-7-3-1-4-8-16/h10,17H,1-9,11H2,(H,14,15). The predicted molar refractivity (Wildman–Crippen MR) is 67.7 cm³/mol. The smallest absolute Gasteiger partial charge is 0.106 e. The molecule has 17 heavy (non-hydrogen) atoms. The van der Waals surface area contributed by atoms with E-state index in [1.807, 2.05) is 0 Å². The highest BCUT2D eigenvalue weighted by atomic mass is 16.3. The lowest BCUT2D eigenvalue weighted by Gasteiger charge is -2.26. The van der Waals surface area contributed by atoms with Gasteiger partial charge >= 0.3 is 0 Å². The van der Waals surface area contributed by atoms with Crippen molar-refractivity contribution in [3.63, 3.8) is 0 Å². The average molecular weight is 237 g/mol. The van der Waals surface area contributed by atoms with E-state index in [0.29, 0.717) is 0 Å². The summed E-state index contributed by atoms with van der Waals surface area (Å²) in [4.78, 5) is 9.94. The number of likely N-dealkylation sites (tertiary alicyclic amines) is 1. The van der Waals surface area contributed by atoms with E-state index in [9.17, 15) is 0 Å². The molecule has 1 aromatic heterocycles. The van der Waals surface area contributed by atoms with Gasteiger partial charge in [0.25, 0.3) is 0 Å². The Labute approximate surface area is 103 Å². The van der Waals surface area contributed by atoms with E-state index in [-0.39, 0.29) is 6.61 Å². The van der Waals surface area contributed by atoms with Crippen LogP contribution in [0.4, 0.5) is 0 Å². The van der Waals surface area contributed by atoms with Crippen LogP contribution in [-0.4, -0.2) is 39.6 Å². The molecule has 0 bridgehead atoms. The van der Waals surface area contributed by atoms with Gasteiger partial charge < -0.3 is 15.0 Å². The van der Waals surface area contributed by atoms with Crippen LogP contribution in [0.2, 0.25) is 0 Å². The van der Waals surface area contributed by atoms with Gasteiger partial charge in [0, 0.05) is 6.42 Å². The molecular weight excluding hydrogens is 214 g/mol. The van der Waals surface area contributed by atoms with Gasteiger partial charge in [-0.1, -0.05) is 6.42 Å². The van der Waals surface area contributed by atoms with Gasteiger partial charge in [0.2, 0.25) is 0 Å². The molecule has 0 amide bonds. The molecule has 1 saturated heterocycles. The van der Waals surface area contributed by atoms with E-state index >= 15 is 0 Å². The number of aliphatic hydroxyl groups is 1. The number of H-pyrrole nitrogens is 1. The fourth-order valence-electron chi connectivity index (χ4n) is 2.42. The largest absolute Gasteiger partial charge is 0.390 e. The Balaban J connectivity index is 1.59. The van der Waals surface area contributed by atoms with Crippen molar-refractivity contribution >= 4 is 0 Å². The second kappa shape index (κ2) is 6.77. The molecule has 1 fully saturated rings. The van der Waals surface area contributed by atoms with Gasteiger partial charge in [0.1, 0.15) is 5.82 Å². The summed E-state index contributed by atoms with van der Waals surface area (Å²) >= 11 is 0. The molecular formula is C13H23N3O. The molecule has 4 heteroatoms. The highest BCUT2D eigenvalue weighted by molar-refractivity contribution is 4.99. The van der Waals surface area contributed by atoms with Crippen LogP contribution in [0.3, 0.4) is 0 Å². The molecule has 0 spiro atoms. The second-order valence-electron chi connectivity index (χ2n) is 4.87. The number of hydrogen-bond acceptors (Lipinski definition) is 3. The van der Waals surface area contributed by atoms with Gasteiger partial charge in [-0.3, -0.25) is 0 Å². The summed E-state index contributed by atoms with van der Waals surface area (Å²) in [6.45, 7) is 3.86. The maximum absolute atomic E-state index is 8.91. The highest BCUT2D eigenvalue weighted by Gasteiger charge is 2.09. The minimum Gasteiger partial charge on any atom is -0.390 e. The summed E-state index contributed by atoms with van der Waals surface area (Å²) in [6, 6.07) is 0. The second-order valence-corrected chi connectivity index (χ2v) is 4.87. The van der Waals surface area contributed by atoms with Gasteiger partial charge in [0.15, 0.2) is 0 Å². The van der Waals surface area contributed by atoms with Crippen molar-refractivity contribution in [1.82, 2.24) is 14.9 Å². The van der Waals surface area contributed by atoms with Crippen LogP contribution in [0, 0.1) is 0 Å². The van der Waals surface area contributed by atoms with Crippen molar-refractivity contribution in [3.8, 4) is 0 Å². The number of imidazole rings is 1. The summed E-state index contributed by atoms with van der Waals surface area (Å²) in [6.07, 6.45) is 9.29. The molecule has 0 aromatic carbocycles. The maximum Gasteiger partial charge on any atom is 0.106 e. The number of rotatable bonds is 6. The van der Waals surface area contributed by atoms with Crippen molar-refractivity contribution in [3.05, 3.63) is 17.7 Å². The van der Waals surface area contributed by atoms with E-state index in [0.717, 1.165) is 17.9 Å². The summed E-state index contributed by atoms with van der Waals surface area (Å²) in [5.41, 5.74) is 0.816. The van der Waals surface area contributed by atoms with Crippen LogP contribution < -0.4 is 0 Å². The van der Waals surface area contributed by atoms with Crippen molar-refractivity contribution in [2.24, 2.45) is 0 Å². The maximum atomic E-state index is 8.91. The Kier molecular flexibility index (Phi) is 5.01. The number of hydrogen-bond donors (Lipinski definition) is 2. The minimum absolute atomic E-state index is 0.0563. The molecule has 2 N–H and O–H groups in total. The lowest BCUT2D eigenvalue weighted by atomic mass is 10.1. The van der Waals surface area contributed by atoms with Crippen LogP contribution >= 0.6 is 0 Å². The van der Waals surface area contributed by atoms with Crippen molar-refractivity contribution in [2.75, 3.05) is 19.6 Å². The molecule has 0 aliphatic carbocycles. The Morgan fingerprint density at radius 3 is 2.76 bits per heavy atom. The topological polar surface area (TPSA) is 52.2 Å². The Morgan fingerprint density at radius 2 is 2.06 bits per heavy atom. The van der Waals surface area contributed by atoms with E-state index in [1.54, 1.807) is 6.20 Å². The molecule has 0 saturated carbocycles. The fourth-order valence-corrected chi connectivity index (χ4v) is 2.42. The van der Waals surface area contributed by atoms with E-state index in [1.165, 1.54) is 51.7 Å². The minimum atomic E-state index is 0.0563. The molecule has 96 valence electrons. The SMILES string of the molecule is OCc1cnc(CCCCN2CCCCC2)[nH]1. The zero-order valence-electron chi connectivity index (χ0n) is 10.5. The first kappa shape index (κ1) is 12.6. The van der Waals surface area contributed by atoms with Gasteiger partial charge in [-0.15, -0.1) is 0 Å². The molecule has 1 aromatic rings. The van der Waals surface area contributed by atoms with E-state index in [4.69, 9.17) is 5.11 Å². The van der Waals surface area contributed by atoms with Crippen LogP contribution in [0.5, 0.6) is 0 Å². The van der Waals surface area contributed by atoms with Crippen LogP contribution in [-0.2, 0) is 13.0 Å². The zero-order valence-corrected chi connectivity index (χ0v) is 10.5. The first-order chi connectivity index (χ1) is 8.38. The fraction of sp³-hybridized carbons (Fsp3) is 0.769.